The van der Waals surface area contributed by atoms with Crippen molar-refractivity contribution in [1.29, 1.82) is 0 Å². The fraction of sp³-hybridized carbons (Fsp3) is 0.200. The maximum Gasteiger partial charge on any atom is 0.275 e. The van der Waals surface area contributed by atoms with Gasteiger partial charge < -0.3 is 10.5 Å². The van der Waals surface area contributed by atoms with Gasteiger partial charge in [0.2, 0.25) is 0 Å². The highest BCUT2D eigenvalue weighted by Gasteiger charge is 2.18. The molecule has 0 radical (unpaired) electrons. The van der Waals surface area contributed by atoms with E-state index in [1.54, 1.807) is 25.1 Å². The minimum absolute atomic E-state index is 0.0637. The number of rotatable bonds is 4. The van der Waals surface area contributed by atoms with Crippen molar-refractivity contribution in [1.82, 2.24) is 0 Å². The summed E-state index contributed by atoms with van der Waals surface area (Å²) in [5.74, 6) is -0.419. The van der Waals surface area contributed by atoms with Gasteiger partial charge in [0.1, 0.15) is 5.75 Å². The van der Waals surface area contributed by atoms with Crippen molar-refractivity contribution in [3.8, 4) is 11.5 Å². The predicted molar refractivity (Wildman–Crippen MR) is 76.9 cm³/mol. The van der Waals surface area contributed by atoms with Gasteiger partial charge in [-0.05, 0) is 26.0 Å². The zero-order valence-electron chi connectivity index (χ0n) is 11.7. The van der Waals surface area contributed by atoms with Gasteiger partial charge in [0, 0.05) is 17.2 Å². The number of ether oxygens (including phenoxy) is 1. The highest BCUT2D eigenvalue weighted by molar-refractivity contribution is 5.47. The molecule has 2 N–H and O–H groups in total. The van der Waals surface area contributed by atoms with Gasteiger partial charge in [0.05, 0.1) is 11.0 Å². The smallest absolute Gasteiger partial charge is 0.275 e. The molecule has 0 amide bonds. The molecule has 0 unspecified atom stereocenters. The third-order valence-electron chi connectivity index (χ3n) is 3.08. The molecule has 5 nitrogen and oxygen atoms in total. The van der Waals surface area contributed by atoms with Gasteiger partial charge in [0.25, 0.3) is 5.69 Å². The first-order valence-corrected chi connectivity index (χ1v) is 6.37. The van der Waals surface area contributed by atoms with Crippen LogP contribution in [-0.4, -0.2) is 4.92 Å². The number of nitro groups is 1. The molecule has 0 saturated carbocycles. The van der Waals surface area contributed by atoms with Crippen LogP contribution in [0.4, 0.5) is 10.1 Å². The largest absolute Gasteiger partial charge is 0.454 e. The fourth-order valence-corrected chi connectivity index (χ4v) is 1.99. The second-order valence-corrected chi connectivity index (χ2v) is 4.75. The van der Waals surface area contributed by atoms with Crippen LogP contribution in [0.2, 0.25) is 0 Å². The summed E-state index contributed by atoms with van der Waals surface area (Å²) in [5.41, 5.74) is 6.62. The normalized spacial score (nSPS) is 12.0. The lowest BCUT2D eigenvalue weighted by molar-refractivity contribution is -0.385. The first kappa shape index (κ1) is 14.9. The van der Waals surface area contributed by atoms with Crippen LogP contribution in [-0.2, 0) is 0 Å². The minimum atomic E-state index is -0.785. The average molecular weight is 290 g/mol. The molecular weight excluding hydrogens is 275 g/mol. The summed E-state index contributed by atoms with van der Waals surface area (Å²) in [5, 5.41) is 10.8. The predicted octanol–water partition coefficient (Wildman–Crippen LogP) is 3.85. The summed E-state index contributed by atoms with van der Waals surface area (Å²) in [6, 6.07) is 8.92. The lowest BCUT2D eigenvalue weighted by atomic mass is 10.1. The molecule has 110 valence electrons. The van der Waals surface area contributed by atoms with E-state index in [0.29, 0.717) is 11.3 Å². The Labute approximate surface area is 121 Å². The number of nitro benzene ring substituents is 1. The fourth-order valence-electron chi connectivity index (χ4n) is 1.99. The van der Waals surface area contributed by atoms with Crippen molar-refractivity contribution < 1.29 is 14.1 Å². The Morgan fingerprint density at radius 1 is 1.29 bits per heavy atom. The molecule has 0 saturated heterocycles. The molecule has 0 heterocycles. The van der Waals surface area contributed by atoms with Crippen LogP contribution in [0.15, 0.2) is 36.4 Å². The van der Waals surface area contributed by atoms with Crippen LogP contribution >= 0.6 is 0 Å². The molecule has 2 aromatic rings. The van der Waals surface area contributed by atoms with Crippen molar-refractivity contribution in [3.05, 3.63) is 63.5 Å². The van der Waals surface area contributed by atoms with Crippen molar-refractivity contribution in [2.24, 2.45) is 5.73 Å². The number of hydrogen-bond donors (Lipinski definition) is 1. The SMILES string of the molecule is Cc1cc(Oc2ccccc2[C@H](C)N)c(F)cc1[N+](=O)[O-]. The second kappa shape index (κ2) is 5.88. The van der Waals surface area contributed by atoms with E-state index in [4.69, 9.17) is 10.5 Å². The summed E-state index contributed by atoms with van der Waals surface area (Å²) in [4.78, 5) is 10.1. The van der Waals surface area contributed by atoms with Gasteiger partial charge in [-0.1, -0.05) is 18.2 Å². The Kier molecular flexibility index (Phi) is 4.18. The van der Waals surface area contributed by atoms with Crippen LogP contribution < -0.4 is 10.5 Å². The standard InChI is InChI=1S/C15H15FN2O3/c1-9-7-15(12(16)8-13(9)18(19)20)21-14-6-4-3-5-11(14)10(2)17/h3-8,10H,17H2,1-2H3/t10-/m0/s1. The third kappa shape index (κ3) is 3.17. The van der Waals surface area contributed by atoms with E-state index in [2.05, 4.69) is 0 Å². The topological polar surface area (TPSA) is 78.4 Å². The van der Waals surface area contributed by atoms with E-state index in [0.717, 1.165) is 11.6 Å². The summed E-state index contributed by atoms with van der Waals surface area (Å²) in [6.07, 6.45) is 0. The molecule has 2 rings (SSSR count). The lowest BCUT2D eigenvalue weighted by Crippen LogP contribution is -2.06. The monoisotopic (exact) mass is 290 g/mol. The Balaban J connectivity index is 2.41. The van der Waals surface area contributed by atoms with Crippen LogP contribution in [0.5, 0.6) is 11.5 Å². The van der Waals surface area contributed by atoms with E-state index < -0.39 is 10.7 Å². The maximum absolute atomic E-state index is 13.9. The quantitative estimate of drug-likeness (QED) is 0.685. The number of para-hydroxylation sites is 1. The van der Waals surface area contributed by atoms with Crippen LogP contribution in [0.1, 0.15) is 24.1 Å². The van der Waals surface area contributed by atoms with Crippen LogP contribution in [0.25, 0.3) is 0 Å². The zero-order chi connectivity index (χ0) is 15.6. The summed E-state index contributed by atoms with van der Waals surface area (Å²) < 4.78 is 19.5. The van der Waals surface area contributed by atoms with Crippen LogP contribution in [0, 0.1) is 22.9 Å². The number of halogens is 1. The Morgan fingerprint density at radius 3 is 2.57 bits per heavy atom. The van der Waals surface area contributed by atoms with Crippen molar-refractivity contribution in [2.75, 3.05) is 0 Å². The molecule has 0 spiro atoms. The minimum Gasteiger partial charge on any atom is -0.454 e. The number of nitrogens with zero attached hydrogens (tertiary/aromatic N) is 1. The lowest BCUT2D eigenvalue weighted by Gasteiger charge is -2.14. The number of aryl methyl sites for hydroxylation is 1. The number of hydrogen-bond acceptors (Lipinski definition) is 4. The summed E-state index contributed by atoms with van der Waals surface area (Å²) in [7, 11) is 0. The molecule has 0 aliphatic rings. The van der Waals surface area contributed by atoms with Crippen molar-refractivity contribution >= 4 is 5.69 Å². The Morgan fingerprint density at radius 2 is 1.95 bits per heavy atom. The number of nitrogens with two attached hydrogens (primary N) is 1. The van der Waals surface area contributed by atoms with Gasteiger partial charge in [0.15, 0.2) is 11.6 Å². The van der Waals surface area contributed by atoms with E-state index in [-0.39, 0.29) is 17.5 Å². The molecule has 2 aromatic carbocycles. The molecule has 6 heteroatoms. The second-order valence-electron chi connectivity index (χ2n) is 4.75. The van der Waals surface area contributed by atoms with Crippen molar-refractivity contribution in [3.63, 3.8) is 0 Å². The Hall–Kier alpha value is -2.47. The summed E-state index contributed by atoms with van der Waals surface area (Å²) in [6.45, 7) is 3.32. The van der Waals surface area contributed by atoms with Crippen molar-refractivity contribution in [2.45, 2.75) is 19.9 Å². The van der Waals surface area contributed by atoms with E-state index in [1.807, 2.05) is 6.07 Å². The summed E-state index contributed by atoms with van der Waals surface area (Å²) >= 11 is 0. The zero-order valence-corrected chi connectivity index (χ0v) is 11.7. The van der Waals surface area contributed by atoms with Gasteiger partial charge in [-0.3, -0.25) is 10.1 Å². The molecule has 0 aromatic heterocycles. The molecule has 0 aliphatic heterocycles. The van der Waals surface area contributed by atoms with E-state index in [1.165, 1.54) is 13.0 Å². The van der Waals surface area contributed by atoms with Gasteiger partial charge in [-0.15, -0.1) is 0 Å². The number of benzene rings is 2. The average Bonchev–Trinajstić information content (AvgIpc) is 2.42. The first-order valence-electron chi connectivity index (χ1n) is 6.37. The molecule has 1 atom stereocenters. The first-order chi connectivity index (χ1) is 9.90. The van der Waals surface area contributed by atoms with Gasteiger partial charge in [-0.25, -0.2) is 4.39 Å². The third-order valence-corrected chi connectivity index (χ3v) is 3.08. The van der Waals surface area contributed by atoms with Gasteiger partial charge in [-0.2, -0.15) is 0 Å². The van der Waals surface area contributed by atoms with Crippen LogP contribution in [0.3, 0.4) is 0 Å². The highest BCUT2D eigenvalue weighted by Crippen LogP contribution is 2.33. The highest BCUT2D eigenvalue weighted by atomic mass is 19.1. The van der Waals surface area contributed by atoms with E-state index >= 15 is 0 Å². The molecule has 0 fully saturated rings. The molecule has 21 heavy (non-hydrogen) atoms. The maximum atomic E-state index is 13.9. The van der Waals surface area contributed by atoms with E-state index in [9.17, 15) is 14.5 Å². The molecule has 0 bridgehead atoms. The van der Waals surface area contributed by atoms with Gasteiger partial charge >= 0.3 is 0 Å². The Bertz CT molecular complexity index is 687. The molecular formula is C15H15FN2O3. The molecule has 0 aliphatic carbocycles.